The summed E-state index contributed by atoms with van der Waals surface area (Å²) >= 11 is 0. The first-order chi connectivity index (χ1) is 6.63. The quantitative estimate of drug-likeness (QED) is 0.444. The second kappa shape index (κ2) is 4.46. The lowest BCUT2D eigenvalue weighted by Gasteiger charge is -2.03. The maximum absolute atomic E-state index is 11.3. The van der Waals surface area contributed by atoms with Gasteiger partial charge in [-0.3, -0.25) is 0 Å². The Balaban J connectivity index is 2.70. The molecular weight excluding hydrogens is 180 g/mol. The molecule has 0 unspecified atom stereocenters. The van der Waals surface area contributed by atoms with Crippen molar-refractivity contribution in [1.29, 1.82) is 0 Å². The molecule has 3 nitrogen and oxygen atoms in total. The van der Waals surface area contributed by atoms with Gasteiger partial charge in [-0.2, -0.15) is 0 Å². The Kier molecular flexibility index (Phi) is 3.29. The van der Waals surface area contributed by atoms with Gasteiger partial charge in [0.2, 0.25) is 0 Å². The third-order valence-electron chi connectivity index (χ3n) is 1.80. The number of phenolic OH excluding ortho intramolecular Hbond substituents is 1. The average Bonchev–Trinajstić information content (AvgIpc) is 2.20. The van der Waals surface area contributed by atoms with Crippen molar-refractivity contribution in [3.63, 3.8) is 0 Å². The molecule has 0 aliphatic heterocycles. The summed E-state index contributed by atoms with van der Waals surface area (Å²) in [5.41, 5.74) is 0.554. The molecule has 3 heteroatoms. The van der Waals surface area contributed by atoms with Gasteiger partial charge >= 0.3 is 5.97 Å². The molecule has 0 aliphatic carbocycles. The first-order valence-corrected chi connectivity index (χ1v) is 4.27. The first-order valence-electron chi connectivity index (χ1n) is 4.27. The number of esters is 1. The molecule has 1 aromatic carbocycles. The molecule has 0 radical (unpaired) electrons. The van der Waals surface area contributed by atoms with Crippen LogP contribution in [0.5, 0.6) is 11.5 Å². The number of carbonyl (C=O) groups excluding carboxylic acids is 1. The van der Waals surface area contributed by atoms with Crippen molar-refractivity contribution in [2.45, 2.75) is 13.8 Å². The summed E-state index contributed by atoms with van der Waals surface area (Å²) in [4.78, 5) is 11.3. The van der Waals surface area contributed by atoms with E-state index >= 15 is 0 Å². The van der Waals surface area contributed by atoms with E-state index in [0.717, 1.165) is 0 Å². The van der Waals surface area contributed by atoms with Crippen LogP contribution < -0.4 is 4.74 Å². The molecule has 0 aromatic heterocycles. The molecule has 1 N–H and O–H groups in total. The predicted octanol–water partition coefficient (Wildman–Crippen LogP) is 2.26. The van der Waals surface area contributed by atoms with Gasteiger partial charge in [0, 0.05) is 5.57 Å². The van der Waals surface area contributed by atoms with E-state index in [2.05, 4.69) is 0 Å². The van der Waals surface area contributed by atoms with Crippen LogP contribution in [0.15, 0.2) is 35.9 Å². The normalized spacial score (nSPS) is 11.1. The fourth-order valence-corrected chi connectivity index (χ4v) is 0.820. The molecule has 0 atom stereocenters. The van der Waals surface area contributed by atoms with Gasteiger partial charge in [0.25, 0.3) is 0 Å². The van der Waals surface area contributed by atoms with E-state index in [1.54, 1.807) is 19.9 Å². The van der Waals surface area contributed by atoms with Gasteiger partial charge in [-0.05, 0) is 38.1 Å². The van der Waals surface area contributed by atoms with Crippen molar-refractivity contribution in [3.05, 3.63) is 35.9 Å². The number of rotatable bonds is 2. The molecule has 0 spiro atoms. The first kappa shape index (κ1) is 10.3. The monoisotopic (exact) mass is 192 g/mol. The highest BCUT2D eigenvalue weighted by molar-refractivity contribution is 5.89. The van der Waals surface area contributed by atoms with Gasteiger partial charge in [-0.25, -0.2) is 4.79 Å². The van der Waals surface area contributed by atoms with E-state index < -0.39 is 0 Å². The lowest BCUT2D eigenvalue weighted by atomic mass is 10.3. The number of carbonyl (C=O) groups is 1. The van der Waals surface area contributed by atoms with E-state index in [0.29, 0.717) is 11.3 Å². The van der Waals surface area contributed by atoms with Gasteiger partial charge in [-0.1, -0.05) is 6.08 Å². The van der Waals surface area contributed by atoms with Crippen LogP contribution in [0.25, 0.3) is 0 Å². The standard InChI is InChI=1S/C11H12O3/c1-3-8(2)11(13)14-10-6-4-9(12)5-7-10/h3-7,12H,1-2H3/b8-3-. The lowest BCUT2D eigenvalue weighted by molar-refractivity contribution is -0.130. The zero-order valence-electron chi connectivity index (χ0n) is 8.15. The van der Waals surface area contributed by atoms with Gasteiger partial charge < -0.3 is 9.84 Å². The van der Waals surface area contributed by atoms with Crippen molar-refractivity contribution >= 4 is 5.97 Å². The Morgan fingerprint density at radius 2 is 1.93 bits per heavy atom. The van der Waals surface area contributed by atoms with Crippen LogP contribution in [-0.2, 0) is 4.79 Å². The van der Waals surface area contributed by atoms with E-state index in [1.165, 1.54) is 24.3 Å². The summed E-state index contributed by atoms with van der Waals surface area (Å²) in [6, 6.07) is 6.01. The Morgan fingerprint density at radius 1 is 1.36 bits per heavy atom. The Hall–Kier alpha value is -1.77. The van der Waals surface area contributed by atoms with Crippen LogP contribution in [0.4, 0.5) is 0 Å². The minimum atomic E-state index is -0.377. The van der Waals surface area contributed by atoms with Crippen LogP contribution in [0.1, 0.15) is 13.8 Å². The minimum absolute atomic E-state index is 0.146. The summed E-state index contributed by atoms with van der Waals surface area (Å²) in [5.74, 6) is 0.194. The maximum Gasteiger partial charge on any atom is 0.338 e. The molecule has 0 saturated carbocycles. The predicted molar refractivity (Wildman–Crippen MR) is 53.2 cm³/mol. The molecule has 0 fully saturated rings. The van der Waals surface area contributed by atoms with Crippen molar-refractivity contribution in [3.8, 4) is 11.5 Å². The number of ether oxygens (including phenoxy) is 1. The fourth-order valence-electron chi connectivity index (χ4n) is 0.820. The highest BCUT2D eigenvalue weighted by Crippen LogP contribution is 2.16. The number of hydrogen-bond acceptors (Lipinski definition) is 3. The van der Waals surface area contributed by atoms with Gasteiger partial charge in [0.15, 0.2) is 0 Å². The molecule has 0 saturated heterocycles. The molecule has 0 amide bonds. The molecule has 1 rings (SSSR count). The van der Waals surface area contributed by atoms with Crippen LogP contribution in [0.3, 0.4) is 0 Å². The lowest BCUT2D eigenvalue weighted by Crippen LogP contribution is -2.08. The Bertz CT molecular complexity index is 349. The third kappa shape index (κ3) is 2.62. The second-order valence-corrected chi connectivity index (χ2v) is 2.86. The Morgan fingerprint density at radius 3 is 2.43 bits per heavy atom. The molecule has 14 heavy (non-hydrogen) atoms. The summed E-state index contributed by atoms with van der Waals surface area (Å²) < 4.78 is 5.00. The Labute approximate surface area is 82.6 Å². The van der Waals surface area contributed by atoms with E-state index in [1.807, 2.05) is 0 Å². The van der Waals surface area contributed by atoms with Gasteiger partial charge in [0.05, 0.1) is 0 Å². The van der Waals surface area contributed by atoms with Crippen molar-refractivity contribution in [1.82, 2.24) is 0 Å². The molecular formula is C11H12O3. The molecule has 1 aromatic rings. The van der Waals surface area contributed by atoms with Crippen LogP contribution in [-0.4, -0.2) is 11.1 Å². The smallest absolute Gasteiger partial charge is 0.338 e. The average molecular weight is 192 g/mol. The largest absolute Gasteiger partial charge is 0.508 e. The minimum Gasteiger partial charge on any atom is -0.508 e. The van der Waals surface area contributed by atoms with E-state index in [4.69, 9.17) is 9.84 Å². The summed E-state index contributed by atoms with van der Waals surface area (Å²) in [5, 5.41) is 8.99. The highest BCUT2D eigenvalue weighted by atomic mass is 16.5. The number of hydrogen-bond donors (Lipinski definition) is 1. The van der Waals surface area contributed by atoms with Crippen molar-refractivity contribution in [2.24, 2.45) is 0 Å². The zero-order valence-corrected chi connectivity index (χ0v) is 8.15. The SMILES string of the molecule is C/C=C(/C)C(=O)Oc1ccc(O)cc1. The van der Waals surface area contributed by atoms with Crippen molar-refractivity contribution in [2.75, 3.05) is 0 Å². The molecule has 0 bridgehead atoms. The van der Waals surface area contributed by atoms with E-state index in [9.17, 15) is 4.79 Å². The van der Waals surface area contributed by atoms with Gasteiger partial charge in [0.1, 0.15) is 11.5 Å². The van der Waals surface area contributed by atoms with Crippen LogP contribution in [0.2, 0.25) is 0 Å². The number of aromatic hydroxyl groups is 1. The summed E-state index contributed by atoms with van der Waals surface area (Å²) in [6.45, 7) is 3.45. The maximum atomic E-state index is 11.3. The molecule has 74 valence electrons. The van der Waals surface area contributed by atoms with Crippen molar-refractivity contribution < 1.29 is 14.6 Å². The number of benzene rings is 1. The number of phenols is 1. The summed E-state index contributed by atoms with van der Waals surface area (Å²) in [7, 11) is 0. The topological polar surface area (TPSA) is 46.5 Å². The van der Waals surface area contributed by atoms with Crippen LogP contribution in [0, 0.1) is 0 Å². The third-order valence-corrected chi connectivity index (χ3v) is 1.80. The van der Waals surface area contributed by atoms with Crippen LogP contribution >= 0.6 is 0 Å². The zero-order chi connectivity index (χ0) is 10.6. The molecule has 0 heterocycles. The summed E-state index contributed by atoms with van der Waals surface area (Å²) in [6.07, 6.45) is 1.68. The number of allylic oxidation sites excluding steroid dienone is 1. The highest BCUT2D eigenvalue weighted by Gasteiger charge is 2.05. The van der Waals surface area contributed by atoms with Gasteiger partial charge in [-0.15, -0.1) is 0 Å². The fraction of sp³-hybridized carbons (Fsp3) is 0.182. The molecule has 0 aliphatic rings. The van der Waals surface area contributed by atoms with E-state index in [-0.39, 0.29) is 11.7 Å². The second-order valence-electron chi connectivity index (χ2n) is 2.86.